The number of nitrogens with one attached hydrogen (secondary N) is 1. The zero-order chi connectivity index (χ0) is 13.2. The van der Waals surface area contributed by atoms with Gasteiger partial charge in [-0.15, -0.1) is 0 Å². The molecular formula is C12H23N3O2S. The van der Waals surface area contributed by atoms with Gasteiger partial charge in [-0.25, -0.2) is 0 Å². The molecule has 1 saturated heterocycles. The molecule has 0 aromatic carbocycles. The minimum atomic E-state index is -0.298. The van der Waals surface area contributed by atoms with Crippen molar-refractivity contribution in [3.05, 3.63) is 0 Å². The molecule has 0 aromatic rings. The van der Waals surface area contributed by atoms with Crippen molar-refractivity contribution in [1.29, 1.82) is 0 Å². The van der Waals surface area contributed by atoms with E-state index in [1.54, 1.807) is 0 Å². The molecule has 104 valence electrons. The van der Waals surface area contributed by atoms with E-state index in [0.717, 1.165) is 39.1 Å². The number of hydrogen-bond donors (Lipinski definition) is 2. The standard InChI is InChI=1S/C12H23N3O2S/c13-12(17)3-9-18-10-11(16)2-1-6-15-7-4-14-5-8-15/h14H,1-10H2,(H2,13,17). The monoisotopic (exact) mass is 273 g/mol. The van der Waals surface area contributed by atoms with E-state index in [9.17, 15) is 9.59 Å². The highest BCUT2D eigenvalue weighted by molar-refractivity contribution is 7.99. The van der Waals surface area contributed by atoms with Crippen LogP contribution < -0.4 is 11.1 Å². The van der Waals surface area contributed by atoms with Crippen molar-refractivity contribution in [2.75, 3.05) is 44.2 Å². The van der Waals surface area contributed by atoms with Gasteiger partial charge in [0.1, 0.15) is 5.78 Å². The van der Waals surface area contributed by atoms with Crippen LogP contribution in [0.2, 0.25) is 0 Å². The van der Waals surface area contributed by atoms with Gasteiger partial charge in [0.05, 0.1) is 5.75 Å². The Morgan fingerprint density at radius 3 is 2.61 bits per heavy atom. The largest absolute Gasteiger partial charge is 0.370 e. The third-order valence-corrected chi connectivity index (χ3v) is 3.91. The molecule has 5 nitrogen and oxygen atoms in total. The smallest absolute Gasteiger partial charge is 0.218 e. The maximum Gasteiger partial charge on any atom is 0.218 e. The number of carbonyl (C=O) groups excluding carboxylic acids is 2. The number of primary amides is 1. The number of ketones is 1. The Morgan fingerprint density at radius 1 is 1.22 bits per heavy atom. The maximum atomic E-state index is 11.6. The van der Waals surface area contributed by atoms with Crippen LogP contribution in [0.15, 0.2) is 0 Å². The van der Waals surface area contributed by atoms with E-state index in [1.807, 2.05) is 0 Å². The van der Waals surface area contributed by atoms with Crippen LogP contribution in [0, 0.1) is 0 Å². The quantitative estimate of drug-likeness (QED) is 0.571. The Morgan fingerprint density at radius 2 is 1.94 bits per heavy atom. The molecule has 1 amide bonds. The molecule has 3 N–H and O–H groups in total. The molecule has 0 saturated carbocycles. The summed E-state index contributed by atoms with van der Waals surface area (Å²) >= 11 is 1.50. The topological polar surface area (TPSA) is 75.4 Å². The summed E-state index contributed by atoms with van der Waals surface area (Å²) in [6.45, 7) is 5.29. The fourth-order valence-electron chi connectivity index (χ4n) is 1.87. The summed E-state index contributed by atoms with van der Waals surface area (Å²) in [5, 5.41) is 3.31. The SMILES string of the molecule is NC(=O)CCSCC(=O)CCCN1CCNCC1. The van der Waals surface area contributed by atoms with Crippen molar-refractivity contribution < 1.29 is 9.59 Å². The number of amides is 1. The van der Waals surface area contributed by atoms with Crippen molar-refractivity contribution >= 4 is 23.5 Å². The number of carbonyl (C=O) groups is 2. The van der Waals surface area contributed by atoms with Gasteiger partial charge in [0, 0.05) is 44.8 Å². The Kier molecular flexibility index (Phi) is 8.04. The van der Waals surface area contributed by atoms with Crippen LogP contribution in [0.25, 0.3) is 0 Å². The summed E-state index contributed by atoms with van der Waals surface area (Å²) in [5.74, 6) is 1.14. The van der Waals surface area contributed by atoms with Crippen LogP contribution in [-0.2, 0) is 9.59 Å². The summed E-state index contributed by atoms with van der Waals surface area (Å²) in [6.07, 6.45) is 1.95. The second kappa shape index (κ2) is 9.35. The first kappa shape index (κ1) is 15.5. The highest BCUT2D eigenvalue weighted by Crippen LogP contribution is 2.06. The van der Waals surface area contributed by atoms with Crippen molar-refractivity contribution in [3.63, 3.8) is 0 Å². The van der Waals surface area contributed by atoms with Gasteiger partial charge in [-0.3, -0.25) is 9.59 Å². The molecule has 0 atom stereocenters. The van der Waals surface area contributed by atoms with Crippen LogP contribution in [0.5, 0.6) is 0 Å². The van der Waals surface area contributed by atoms with E-state index < -0.39 is 0 Å². The zero-order valence-corrected chi connectivity index (χ0v) is 11.6. The molecule has 0 radical (unpaired) electrons. The lowest BCUT2D eigenvalue weighted by Gasteiger charge is -2.26. The highest BCUT2D eigenvalue weighted by atomic mass is 32.2. The number of hydrogen-bond acceptors (Lipinski definition) is 5. The predicted octanol–water partition coefficient (Wildman–Crippen LogP) is -0.150. The Labute approximate surface area is 113 Å². The van der Waals surface area contributed by atoms with Gasteiger partial charge in [0.2, 0.25) is 5.91 Å². The summed E-state index contributed by atoms with van der Waals surface area (Å²) < 4.78 is 0. The molecule has 1 rings (SSSR count). The average Bonchev–Trinajstić information content (AvgIpc) is 2.36. The molecule has 18 heavy (non-hydrogen) atoms. The van der Waals surface area contributed by atoms with E-state index in [-0.39, 0.29) is 11.7 Å². The van der Waals surface area contributed by atoms with E-state index in [4.69, 9.17) is 5.73 Å². The van der Waals surface area contributed by atoms with Crippen LogP contribution in [-0.4, -0.2) is 60.8 Å². The maximum absolute atomic E-state index is 11.6. The van der Waals surface area contributed by atoms with Gasteiger partial charge < -0.3 is 16.0 Å². The fraction of sp³-hybridized carbons (Fsp3) is 0.833. The number of rotatable bonds is 9. The Bertz CT molecular complexity index is 268. The van der Waals surface area contributed by atoms with Crippen molar-refractivity contribution in [3.8, 4) is 0 Å². The number of nitrogens with two attached hydrogens (primary N) is 1. The van der Waals surface area contributed by atoms with E-state index in [2.05, 4.69) is 10.2 Å². The summed E-state index contributed by atoms with van der Waals surface area (Å²) in [7, 11) is 0. The lowest BCUT2D eigenvalue weighted by atomic mass is 10.2. The van der Waals surface area contributed by atoms with Gasteiger partial charge in [0.25, 0.3) is 0 Å². The zero-order valence-electron chi connectivity index (χ0n) is 10.8. The van der Waals surface area contributed by atoms with E-state index in [0.29, 0.717) is 24.3 Å². The normalized spacial score (nSPS) is 16.7. The molecule has 0 bridgehead atoms. The Hall–Kier alpha value is -0.590. The van der Waals surface area contributed by atoms with E-state index >= 15 is 0 Å². The molecule has 1 fully saturated rings. The number of piperazine rings is 1. The van der Waals surface area contributed by atoms with Gasteiger partial charge in [-0.2, -0.15) is 11.8 Å². The molecule has 1 aliphatic heterocycles. The van der Waals surface area contributed by atoms with E-state index in [1.165, 1.54) is 11.8 Å². The third-order valence-electron chi connectivity index (χ3n) is 2.90. The average molecular weight is 273 g/mol. The first-order valence-corrected chi connectivity index (χ1v) is 7.65. The first-order valence-electron chi connectivity index (χ1n) is 6.49. The predicted molar refractivity (Wildman–Crippen MR) is 74.7 cm³/mol. The highest BCUT2D eigenvalue weighted by Gasteiger charge is 2.10. The minimum Gasteiger partial charge on any atom is -0.370 e. The number of Topliss-reactive ketones (excluding diaryl/α,β-unsaturated/α-hetero) is 1. The van der Waals surface area contributed by atoms with Crippen molar-refractivity contribution in [2.45, 2.75) is 19.3 Å². The minimum absolute atomic E-state index is 0.277. The van der Waals surface area contributed by atoms with Crippen LogP contribution >= 0.6 is 11.8 Å². The molecule has 6 heteroatoms. The summed E-state index contributed by atoms with van der Waals surface area (Å²) in [4.78, 5) is 24.5. The van der Waals surface area contributed by atoms with Crippen LogP contribution in [0.3, 0.4) is 0 Å². The number of nitrogens with zero attached hydrogens (tertiary/aromatic N) is 1. The summed E-state index contributed by atoms with van der Waals surface area (Å²) in [6, 6.07) is 0. The molecule has 1 heterocycles. The van der Waals surface area contributed by atoms with Gasteiger partial charge >= 0.3 is 0 Å². The van der Waals surface area contributed by atoms with Gasteiger partial charge in [-0.1, -0.05) is 0 Å². The molecule has 0 spiro atoms. The number of thioether (sulfide) groups is 1. The molecule has 0 unspecified atom stereocenters. The second-order valence-electron chi connectivity index (χ2n) is 4.50. The molecule has 0 aliphatic carbocycles. The lowest BCUT2D eigenvalue weighted by Crippen LogP contribution is -2.43. The van der Waals surface area contributed by atoms with Gasteiger partial charge in [0.15, 0.2) is 0 Å². The molecule has 1 aliphatic rings. The summed E-state index contributed by atoms with van der Waals surface area (Å²) in [5.41, 5.74) is 5.02. The van der Waals surface area contributed by atoms with Crippen molar-refractivity contribution in [1.82, 2.24) is 10.2 Å². The van der Waals surface area contributed by atoms with Crippen molar-refractivity contribution in [2.24, 2.45) is 5.73 Å². The molecule has 0 aromatic heterocycles. The van der Waals surface area contributed by atoms with Crippen LogP contribution in [0.4, 0.5) is 0 Å². The fourth-order valence-corrected chi connectivity index (χ4v) is 2.73. The van der Waals surface area contributed by atoms with Gasteiger partial charge in [-0.05, 0) is 13.0 Å². The first-order chi connectivity index (χ1) is 8.68. The Balaban J connectivity index is 1.94. The molecular weight excluding hydrogens is 250 g/mol. The third kappa shape index (κ3) is 7.68. The van der Waals surface area contributed by atoms with Crippen LogP contribution in [0.1, 0.15) is 19.3 Å². The second-order valence-corrected chi connectivity index (χ2v) is 5.61. The lowest BCUT2D eigenvalue weighted by molar-refractivity contribution is -0.118.